The van der Waals surface area contributed by atoms with Gasteiger partial charge in [-0.3, -0.25) is 9.97 Å². The first kappa shape index (κ1) is 14.4. The molecule has 0 amide bonds. The van der Waals surface area contributed by atoms with Crippen molar-refractivity contribution in [2.75, 3.05) is 33.5 Å². The van der Waals surface area contributed by atoms with Crippen LogP contribution >= 0.6 is 0 Å². The van der Waals surface area contributed by atoms with E-state index in [0.717, 1.165) is 11.4 Å². The predicted octanol–water partition coefficient (Wildman–Crippen LogP) is 2.19. The molecular formula is C15H18N2O3. The van der Waals surface area contributed by atoms with Crippen LogP contribution in [0.5, 0.6) is 5.75 Å². The first-order valence-corrected chi connectivity index (χ1v) is 6.47. The fourth-order valence-electron chi connectivity index (χ4n) is 1.66. The van der Waals surface area contributed by atoms with Gasteiger partial charge in [0.1, 0.15) is 18.1 Å². The largest absolute Gasteiger partial charge is 0.489 e. The molecule has 0 radical (unpaired) electrons. The molecule has 0 saturated heterocycles. The summed E-state index contributed by atoms with van der Waals surface area (Å²) in [6, 6.07) is 9.43. The van der Waals surface area contributed by atoms with Gasteiger partial charge in [-0.1, -0.05) is 6.07 Å². The molecule has 0 unspecified atom stereocenters. The summed E-state index contributed by atoms with van der Waals surface area (Å²) < 4.78 is 16.0. The summed E-state index contributed by atoms with van der Waals surface area (Å²) in [6.07, 6.45) is 3.47. The van der Waals surface area contributed by atoms with Crippen LogP contribution in [0.4, 0.5) is 0 Å². The Hall–Kier alpha value is -1.98. The van der Waals surface area contributed by atoms with E-state index in [4.69, 9.17) is 14.2 Å². The third kappa shape index (κ3) is 4.29. The van der Waals surface area contributed by atoms with Gasteiger partial charge >= 0.3 is 0 Å². The second kappa shape index (κ2) is 8.24. The summed E-state index contributed by atoms with van der Waals surface area (Å²) in [4.78, 5) is 8.62. The molecule has 0 aliphatic heterocycles. The molecule has 2 rings (SSSR count). The van der Waals surface area contributed by atoms with Crippen molar-refractivity contribution in [1.29, 1.82) is 0 Å². The molecule has 2 aromatic rings. The molecule has 0 atom stereocenters. The van der Waals surface area contributed by atoms with E-state index in [1.807, 2.05) is 30.3 Å². The van der Waals surface area contributed by atoms with Gasteiger partial charge in [0.2, 0.25) is 0 Å². The van der Waals surface area contributed by atoms with Crippen LogP contribution in [-0.4, -0.2) is 43.5 Å². The van der Waals surface area contributed by atoms with Crippen molar-refractivity contribution in [3.05, 3.63) is 42.7 Å². The zero-order valence-corrected chi connectivity index (χ0v) is 11.5. The molecule has 0 aromatic carbocycles. The third-order valence-corrected chi connectivity index (χ3v) is 2.60. The summed E-state index contributed by atoms with van der Waals surface area (Å²) in [5.74, 6) is 0.710. The molecule has 0 N–H and O–H groups in total. The van der Waals surface area contributed by atoms with E-state index >= 15 is 0 Å². The number of hydrogen-bond donors (Lipinski definition) is 0. The van der Waals surface area contributed by atoms with Crippen molar-refractivity contribution in [1.82, 2.24) is 9.97 Å². The minimum absolute atomic E-state index is 0.468. The highest BCUT2D eigenvalue weighted by Crippen LogP contribution is 2.25. The molecule has 2 heterocycles. The van der Waals surface area contributed by atoms with E-state index in [2.05, 4.69) is 9.97 Å². The first-order chi connectivity index (χ1) is 9.92. The topological polar surface area (TPSA) is 53.5 Å². The van der Waals surface area contributed by atoms with Crippen LogP contribution in [0.3, 0.4) is 0 Å². The second-order valence-corrected chi connectivity index (χ2v) is 4.02. The molecule has 2 aromatic heterocycles. The van der Waals surface area contributed by atoms with E-state index < -0.39 is 0 Å². The van der Waals surface area contributed by atoms with Crippen molar-refractivity contribution < 1.29 is 14.2 Å². The van der Waals surface area contributed by atoms with E-state index in [9.17, 15) is 0 Å². The van der Waals surface area contributed by atoms with E-state index in [-0.39, 0.29) is 0 Å². The van der Waals surface area contributed by atoms with Crippen LogP contribution in [0.15, 0.2) is 42.7 Å². The third-order valence-electron chi connectivity index (χ3n) is 2.60. The van der Waals surface area contributed by atoms with E-state index in [1.165, 1.54) is 0 Å². The molecule has 0 saturated carbocycles. The maximum atomic E-state index is 5.70. The molecule has 5 heteroatoms. The number of ether oxygens (including phenoxy) is 3. The quantitative estimate of drug-likeness (QED) is 0.691. The van der Waals surface area contributed by atoms with Crippen LogP contribution in [-0.2, 0) is 9.47 Å². The maximum Gasteiger partial charge on any atom is 0.147 e. The molecule has 20 heavy (non-hydrogen) atoms. The zero-order chi connectivity index (χ0) is 14.0. The Morgan fingerprint density at radius 2 is 1.75 bits per heavy atom. The van der Waals surface area contributed by atoms with Gasteiger partial charge in [0, 0.05) is 19.5 Å². The maximum absolute atomic E-state index is 5.70. The molecule has 5 nitrogen and oxygen atoms in total. The first-order valence-electron chi connectivity index (χ1n) is 6.47. The molecule has 0 aliphatic carbocycles. The summed E-state index contributed by atoms with van der Waals surface area (Å²) in [5, 5.41) is 0. The standard InChI is InChI=1S/C15H18N2O3/c1-18-9-10-19-11-12-20-14-6-4-8-17-15(14)13-5-2-3-7-16-13/h2-8H,9-12H2,1H3. The Labute approximate surface area is 118 Å². The van der Waals surface area contributed by atoms with E-state index in [0.29, 0.717) is 32.2 Å². The molecular weight excluding hydrogens is 256 g/mol. The lowest BCUT2D eigenvalue weighted by Gasteiger charge is -2.10. The lowest BCUT2D eigenvalue weighted by molar-refractivity contribution is 0.0544. The highest BCUT2D eigenvalue weighted by atomic mass is 16.5. The average Bonchev–Trinajstić information content (AvgIpc) is 2.52. The monoisotopic (exact) mass is 274 g/mol. The number of hydrogen-bond acceptors (Lipinski definition) is 5. The Kier molecular flexibility index (Phi) is 5.95. The Morgan fingerprint density at radius 3 is 2.55 bits per heavy atom. The lowest BCUT2D eigenvalue weighted by atomic mass is 10.2. The van der Waals surface area contributed by atoms with E-state index in [1.54, 1.807) is 19.5 Å². The van der Waals surface area contributed by atoms with Crippen molar-refractivity contribution in [2.45, 2.75) is 0 Å². The molecule has 0 aliphatic rings. The Morgan fingerprint density at radius 1 is 0.900 bits per heavy atom. The smallest absolute Gasteiger partial charge is 0.147 e. The minimum Gasteiger partial charge on any atom is -0.489 e. The highest BCUT2D eigenvalue weighted by molar-refractivity contribution is 5.61. The normalized spacial score (nSPS) is 10.4. The SMILES string of the molecule is COCCOCCOc1cccnc1-c1ccccn1. The van der Waals surface area contributed by atoms with Gasteiger partial charge in [0.25, 0.3) is 0 Å². The van der Waals surface area contributed by atoms with Crippen LogP contribution in [0.2, 0.25) is 0 Å². The summed E-state index contributed by atoms with van der Waals surface area (Å²) in [6.45, 7) is 2.14. The number of nitrogens with zero attached hydrogens (tertiary/aromatic N) is 2. The summed E-state index contributed by atoms with van der Waals surface area (Å²) in [5.41, 5.74) is 1.54. The number of pyridine rings is 2. The number of aromatic nitrogens is 2. The van der Waals surface area contributed by atoms with Crippen LogP contribution < -0.4 is 4.74 Å². The van der Waals surface area contributed by atoms with Gasteiger partial charge in [-0.05, 0) is 24.3 Å². The van der Waals surface area contributed by atoms with Gasteiger partial charge in [-0.25, -0.2) is 0 Å². The van der Waals surface area contributed by atoms with Crippen LogP contribution in [0.25, 0.3) is 11.4 Å². The minimum atomic E-state index is 0.468. The Bertz CT molecular complexity index is 505. The fraction of sp³-hybridized carbons (Fsp3) is 0.333. The molecule has 0 fully saturated rings. The molecule has 0 bridgehead atoms. The van der Waals surface area contributed by atoms with Crippen molar-refractivity contribution in [2.24, 2.45) is 0 Å². The van der Waals surface area contributed by atoms with Gasteiger partial charge in [0.15, 0.2) is 0 Å². The van der Waals surface area contributed by atoms with Gasteiger partial charge in [0.05, 0.1) is 25.5 Å². The second-order valence-electron chi connectivity index (χ2n) is 4.02. The van der Waals surface area contributed by atoms with Crippen molar-refractivity contribution in [3.63, 3.8) is 0 Å². The van der Waals surface area contributed by atoms with Crippen molar-refractivity contribution in [3.8, 4) is 17.1 Å². The number of rotatable bonds is 8. The molecule has 106 valence electrons. The van der Waals surface area contributed by atoms with Crippen LogP contribution in [0, 0.1) is 0 Å². The Balaban J connectivity index is 1.92. The summed E-state index contributed by atoms with van der Waals surface area (Å²) >= 11 is 0. The lowest BCUT2D eigenvalue weighted by Crippen LogP contribution is -2.10. The average molecular weight is 274 g/mol. The summed E-state index contributed by atoms with van der Waals surface area (Å²) in [7, 11) is 1.65. The van der Waals surface area contributed by atoms with Crippen LogP contribution in [0.1, 0.15) is 0 Å². The predicted molar refractivity (Wildman–Crippen MR) is 75.7 cm³/mol. The van der Waals surface area contributed by atoms with Gasteiger partial charge < -0.3 is 14.2 Å². The van der Waals surface area contributed by atoms with Crippen molar-refractivity contribution >= 4 is 0 Å². The fourth-order valence-corrected chi connectivity index (χ4v) is 1.66. The highest BCUT2D eigenvalue weighted by Gasteiger charge is 2.07. The zero-order valence-electron chi connectivity index (χ0n) is 11.5. The van der Waals surface area contributed by atoms with Gasteiger partial charge in [-0.2, -0.15) is 0 Å². The molecule has 0 spiro atoms. The number of methoxy groups -OCH3 is 1. The van der Waals surface area contributed by atoms with Gasteiger partial charge in [-0.15, -0.1) is 0 Å².